The highest BCUT2D eigenvalue weighted by Crippen LogP contribution is 1.97. The van der Waals surface area contributed by atoms with E-state index in [1.54, 1.807) is 0 Å². The molecule has 0 saturated carbocycles. The molecule has 0 saturated heterocycles. The molecule has 0 unspecified atom stereocenters. The van der Waals surface area contributed by atoms with Gasteiger partial charge in [0.1, 0.15) is 0 Å². The van der Waals surface area contributed by atoms with Gasteiger partial charge in [-0.3, -0.25) is 4.79 Å². The van der Waals surface area contributed by atoms with Crippen LogP contribution in [0.25, 0.3) is 0 Å². The van der Waals surface area contributed by atoms with E-state index >= 15 is 0 Å². The molecule has 13 heavy (non-hydrogen) atoms. The molecule has 0 aliphatic rings. The predicted octanol–water partition coefficient (Wildman–Crippen LogP) is 3.15. The smallest absolute Gasteiger partial charge is 0.303 e. The van der Waals surface area contributed by atoms with Crippen molar-refractivity contribution >= 4 is 5.97 Å². The topological polar surface area (TPSA) is 37.3 Å². The molecule has 0 amide bonds. The first kappa shape index (κ1) is 11.9. The Labute approximate surface area is 80.0 Å². The molecule has 0 aliphatic heterocycles. The summed E-state index contributed by atoms with van der Waals surface area (Å²) >= 11 is 0. The van der Waals surface area contributed by atoms with Gasteiger partial charge in [0, 0.05) is 6.42 Å². The zero-order chi connectivity index (χ0) is 9.94. The molecule has 0 atom stereocenters. The number of aliphatic carboxylic acids is 1. The van der Waals surface area contributed by atoms with Crippen LogP contribution in [0.2, 0.25) is 0 Å². The third-order valence-corrected chi connectivity index (χ3v) is 1.60. The summed E-state index contributed by atoms with van der Waals surface area (Å²) in [5.74, 6) is -0.713. The van der Waals surface area contributed by atoms with Gasteiger partial charge in [0.15, 0.2) is 0 Å². The van der Waals surface area contributed by atoms with Crippen molar-refractivity contribution in [1.29, 1.82) is 0 Å². The molecule has 0 aromatic rings. The Morgan fingerprint density at radius 3 is 2.38 bits per heavy atom. The quantitative estimate of drug-likeness (QED) is 0.485. The van der Waals surface area contributed by atoms with Gasteiger partial charge in [-0.05, 0) is 19.3 Å². The highest BCUT2D eigenvalue weighted by Gasteiger charge is 1.92. The standard InChI is InChI=1S/C11H18O2/c1-2-3-4-5-6-7-8-9-10-11(12)13/h4-7H,2-3,8-10H2,1H3,(H,12,13)/b5-4+,7-6+. The van der Waals surface area contributed by atoms with Crippen molar-refractivity contribution in [3.05, 3.63) is 24.3 Å². The average Bonchev–Trinajstić information content (AvgIpc) is 2.09. The Bertz CT molecular complexity index is 181. The van der Waals surface area contributed by atoms with Crippen molar-refractivity contribution < 1.29 is 9.90 Å². The van der Waals surface area contributed by atoms with Gasteiger partial charge in [-0.1, -0.05) is 37.6 Å². The predicted molar refractivity (Wildman–Crippen MR) is 54.7 cm³/mol. The monoisotopic (exact) mass is 182 g/mol. The zero-order valence-electron chi connectivity index (χ0n) is 8.20. The summed E-state index contributed by atoms with van der Waals surface area (Å²) in [5.41, 5.74) is 0. The first-order valence-electron chi connectivity index (χ1n) is 4.80. The lowest BCUT2D eigenvalue weighted by Gasteiger charge is -1.89. The highest BCUT2D eigenvalue weighted by atomic mass is 16.4. The van der Waals surface area contributed by atoms with E-state index in [4.69, 9.17) is 5.11 Å². The maximum Gasteiger partial charge on any atom is 0.303 e. The van der Waals surface area contributed by atoms with Crippen LogP contribution in [-0.2, 0) is 4.79 Å². The third-order valence-electron chi connectivity index (χ3n) is 1.60. The second-order valence-electron chi connectivity index (χ2n) is 2.93. The third kappa shape index (κ3) is 10.9. The molecule has 74 valence electrons. The largest absolute Gasteiger partial charge is 0.481 e. The molecule has 1 N–H and O–H groups in total. The van der Waals surface area contributed by atoms with Crippen LogP contribution in [0.3, 0.4) is 0 Å². The second-order valence-corrected chi connectivity index (χ2v) is 2.93. The van der Waals surface area contributed by atoms with E-state index in [9.17, 15) is 4.79 Å². The average molecular weight is 182 g/mol. The second kappa shape index (κ2) is 9.04. The van der Waals surface area contributed by atoms with Crippen molar-refractivity contribution in [2.75, 3.05) is 0 Å². The van der Waals surface area contributed by atoms with E-state index in [0.717, 1.165) is 19.3 Å². The molecule has 0 aromatic carbocycles. The Kier molecular flexibility index (Phi) is 8.31. The van der Waals surface area contributed by atoms with Crippen LogP contribution in [-0.4, -0.2) is 11.1 Å². The van der Waals surface area contributed by atoms with Crippen molar-refractivity contribution in [2.45, 2.75) is 39.0 Å². The summed E-state index contributed by atoms with van der Waals surface area (Å²) in [6.07, 6.45) is 12.3. The number of allylic oxidation sites excluding steroid dienone is 4. The summed E-state index contributed by atoms with van der Waals surface area (Å²) in [6, 6.07) is 0. The van der Waals surface area contributed by atoms with E-state index in [0.29, 0.717) is 0 Å². The van der Waals surface area contributed by atoms with Crippen molar-refractivity contribution in [2.24, 2.45) is 0 Å². The van der Waals surface area contributed by atoms with Gasteiger partial charge in [-0.25, -0.2) is 0 Å². The number of carboxylic acids is 1. The molecule has 0 fully saturated rings. The highest BCUT2D eigenvalue weighted by molar-refractivity contribution is 5.66. The lowest BCUT2D eigenvalue weighted by Crippen LogP contribution is -1.92. The summed E-state index contributed by atoms with van der Waals surface area (Å²) in [6.45, 7) is 2.14. The van der Waals surface area contributed by atoms with E-state index in [2.05, 4.69) is 13.0 Å². The van der Waals surface area contributed by atoms with Crippen LogP contribution in [0, 0.1) is 0 Å². The SMILES string of the molecule is CCC/C=C/C=C/CCCC(=O)O. The Balaban J connectivity index is 3.26. The van der Waals surface area contributed by atoms with Crippen LogP contribution in [0.4, 0.5) is 0 Å². The fourth-order valence-corrected chi connectivity index (χ4v) is 0.887. The van der Waals surface area contributed by atoms with Crippen LogP contribution in [0.15, 0.2) is 24.3 Å². The first-order chi connectivity index (χ1) is 6.27. The van der Waals surface area contributed by atoms with Gasteiger partial charge in [-0.2, -0.15) is 0 Å². The fourth-order valence-electron chi connectivity index (χ4n) is 0.887. The van der Waals surface area contributed by atoms with Gasteiger partial charge >= 0.3 is 5.97 Å². The molecule has 0 radical (unpaired) electrons. The maximum atomic E-state index is 10.1. The van der Waals surface area contributed by atoms with Gasteiger partial charge in [0.25, 0.3) is 0 Å². The van der Waals surface area contributed by atoms with E-state index in [1.165, 1.54) is 6.42 Å². The number of rotatable bonds is 7. The minimum atomic E-state index is -0.713. The first-order valence-corrected chi connectivity index (χ1v) is 4.80. The Morgan fingerprint density at radius 1 is 1.23 bits per heavy atom. The van der Waals surface area contributed by atoms with Gasteiger partial charge in [0.2, 0.25) is 0 Å². The number of carbonyl (C=O) groups is 1. The van der Waals surface area contributed by atoms with Crippen LogP contribution < -0.4 is 0 Å². The summed E-state index contributed by atoms with van der Waals surface area (Å²) in [7, 11) is 0. The minimum Gasteiger partial charge on any atom is -0.481 e. The maximum absolute atomic E-state index is 10.1. The molecule has 0 heterocycles. The number of carboxylic acid groups (broad SMARTS) is 1. The molecule has 0 rings (SSSR count). The minimum absolute atomic E-state index is 0.267. The Morgan fingerprint density at radius 2 is 1.85 bits per heavy atom. The van der Waals surface area contributed by atoms with Crippen LogP contribution >= 0.6 is 0 Å². The molecule has 0 aliphatic carbocycles. The van der Waals surface area contributed by atoms with E-state index < -0.39 is 5.97 Å². The molecule has 2 heteroatoms. The summed E-state index contributed by atoms with van der Waals surface area (Å²) < 4.78 is 0. The molecule has 0 bridgehead atoms. The van der Waals surface area contributed by atoms with Crippen molar-refractivity contribution in [1.82, 2.24) is 0 Å². The Hall–Kier alpha value is -1.05. The number of hydrogen-bond donors (Lipinski definition) is 1. The number of unbranched alkanes of at least 4 members (excludes halogenated alkanes) is 2. The van der Waals surface area contributed by atoms with Gasteiger partial charge in [-0.15, -0.1) is 0 Å². The normalized spacial score (nSPS) is 11.5. The van der Waals surface area contributed by atoms with Gasteiger partial charge in [0.05, 0.1) is 0 Å². The summed E-state index contributed by atoms with van der Waals surface area (Å²) in [5, 5.41) is 8.35. The van der Waals surface area contributed by atoms with E-state index in [-0.39, 0.29) is 6.42 Å². The van der Waals surface area contributed by atoms with E-state index in [1.807, 2.05) is 18.2 Å². The van der Waals surface area contributed by atoms with Crippen LogP contribution in [0.5, 0.6) is 0 Å². The molecular formula is C11H18O2. The lowest BCUT2D eigenvalue weighted by molar-refractivity contribution is -0.137. The lowest BCUT2D eigenvalue weighted by atomic mass is 10.2. The van der Waals surface area contributed by atoms with Crippen LogP contribution in [0.1, 0.15) is 39.0 Å². The zero-order valence-corrected chi connectivity index (χ0v) is 8.20. The number of hydrogen-bond acceptors (Lipinski definition) is 1. The van der Waals surface area contributed by atoms with Crippen molar-refractivity contribution in [3.8, 4) is 0 Å². The summed E-state index contributed by atoms with van der Waals surface area (Å²) in [4.78, 5) is 10.1. The molecule has 2 nitrogen and oxygen atoms in total. The van der Waals surface area contributed by atoms with Gasteiger partial charge < -0.3 is 5.11 Å². The molecular weight excluding hydrogens is 164 g/mol. The molecule has 0 spiro atoms. The fraction of sp³-hybridized carbons (Fsp3) is 0.545. The van der Waals surface area contributed by atoms with Crippen molar-refractivity contribution in [3.63, 3.8) is 0 Å². The molecule has 0 aromatic heterocycles.